The van der Waals surface area contributed by atoms with Crippen molar-refractivity contribution in [3.05, 3.63) is 53.6 Å². The van der Waals surface area contributed by atoms with Gasteiger partial charge in [-0.25, -0.2) is 4.79 Å². The Morgan fingerprint density at radius 1 is 1.12 bits per heavy atom. The minimum absolute atomic E-state index is 0.0352. The average Bonchev–Trinajstić information content (AvgIpc) is 2.95. The molecule has 1 atom stereocenters. The Kier molecular flexibility index (Phi) is 4.97. The van der Waals surface area contributed by atoms with E-state index in [1.165, 1.54) is 0 Å². The number of hydrogen-bond donors (Lipinski definition) is 1. The quantitative estimate of drug-likeness (QED) is 0.817. The fraction of sp³-hybridized carbons (Fsp3) is 0.316. The Morgan fingerprint density at radius 3 is 2.64 bits per heavy atom. The van der Waals surface area contributed by atoms with Gasteiger partial charge in [-0.2, -0.15) is 0 Å². The van der Waals surface area contributed by atoms with E-state index in [4.69, 9.17) is 19.9 Å². The van der Waals surface area contributed by atoms with E-state index in [1.54, 1.807) is 19.1 Å². The molecule has 0 bridgehead atoms. The summed E-state index contributed by atoms with van der Waals surface area (Å²) >= 11 is 0. The smallest absolute Gasteiger partial charge is 0.410 e. The summed E-state index contributed by atoms with van der Waals surface area (Å²) in [5.41, 5.74) is 8.54. The third-order valence-electron chi connectivity index (χ3n) is 4.30. The molecule has 1 heterocycles. The summed E-state index contributed by atoms with van der Waals surface area (Å²) in [4.78, 5) is 13.9. The molecule has 2 aromatic rings. The van der Waals surface area contributed by atoms with Gasteiger partial charge in [0.2, 0.25) is 0 Å². The van der Waals surface area contributed by atoms with Gasteiger partial charge >= 0.3 is 6.09 Å². The van der Waals surface area contributed by atoms with E-state index in [9.17, 15) is 4.79 Å². The van der Waals surface area contributed by atoms with Crippen LogP contribution in [0.15, 0.2) is 42.5 Å². The number of rotatable bonds is 6. The number of methoxy groups -OCH3 is 2. The van der Waals surface area contributed by atoms with Crippen molar-refractivity contribution in [3.63, 3.8) is 0 Å². The maximum Gasteiger partial charge on any atom is 0.410 e. The van der Waals surface area contributed by atoms with Crippen molar-refractivity contribution in [1.82, 2.24) is 4.90 Å². The Labute approximate surface area is 147 Å². The molecule has 1 unspecified atom stereocenters. The van der Waals surface area contributed by atoms with Gasteiger partial charge in [0, 0.05) is 12.2 Å². The molecule has 1 aliphatic rings. The van der Waals surface area contributed by atoms with Gasteiger partial charge < -0.3 is 19.9 Å². The van der Waals surface area contributed by atoms with E-state index in [-0.39, 0.29) is 12.1 Å². The van der Waals surface area contributed by atoms with Crippen molar-refractivity contribution in [3.8, 4) is 11.5 Å². The molecule has 2 N–H and O–H groups in total. The molecule has 132 valence electrons. The number of cyclic esters (lactones) is 1. The number of nitrogen functional groups attached to an aromatic ring is 1. The molecule has 0 aromatic heterocycles. The minimum Gasteiger partial charge on any atom is -0.493 e. The lowest BCUT2D eigenvalue weighted by Crippen LogP contribution is -2.34. The van der Waals surface area contributed by atoms with Crippen molar-refractivity contribution >= 4 is 11.8 Å². The Balaban J connectivity index is 1.75. The molecule has 1 aliphatic heterocycles. The van der Waals surface area contributed by atoms with Crippen LogP contribution in [0.2, 0.25) is 0 Å². The molecule has 25 heavy (non-hydrogen) atoms. The monoisotopic (exact) mass is 342 g/mol. The fourth-order valence-corrected chi connectivity index (χ4v) is 3.02. The normalized spacial score (nSPS) is 16.6. The van der Waals surface area contributed by atoms with E-state index < -0.39 is 0 Å². The van der Waals surface area contributed by atoms with Gasteiger partial charge in [0.25, 0.3) is 0 Å². The number of amides is 1. The summed E-state index contributed by atoms with van der Waals surface area (Å²) in [6, 6.07) is 13.3. The zero-order valence-electron chi connectivity index (χ0n) is 14.4. The molecule has 0 aliphatic carbocycles. The largest absolute Gasteiger partial charge is 0.493 e. The first-order valence-corrected chi connectivity index (χ1v) is 8.09. The first kappa shape index (κ1) is 17.0. The van der Waals surface area contributed by atoms with Crippen LogP contribution in [0.1, 0.15) is 11.1 Å². The maximum absolute atomic E-state index is 12.1. The summed E-state index contributed by atoms with van der Waals surface area (Å²) in [6.07, 6.45) is 0.377. The molecule has 3 rings (SSSR count). The highest BCUT2D eigenvalue weighted by Gasteiger charge is 2.33. The molecule has 0 spiro atoms. The van der Waals surface area contributed by atoms with E-state index in [0.29, 0.717) is 36.8 Å². The fourth-order valence-electron chi connectivity index (χ4n) is 3.02. The van der Waals surface area contributed by atoms with Gasteiger partial charge in [-0.3, -0.25) is 4.90 Å². The van der Waals surface area contributed by atoms with Crippen LogP contribution in [-0.2, 0) is 17.7 Å². The molecule has 6 nitrogen and oxygen atoms in total. The molecule has 2 aromatic carbocycles. The molecule has 0 radical (unpaired) electrons. The topological polar surface area (TPSA) is 74.0 Å². The van der Waals surface area contributed by atoms with Gasteiger partial charge in [-0.1, -0.05) is 18.2 Å². The molecule has 1 saturated heterocycles. The SMILES string of the molecule is COc1ccc(CC2COC(=O)N2Cc2cccc(N)c2)cc1OC. The maximum atomic E-state index is 12.1. The highest BCUT2D eigenvalue weighted by Crippen LogP contribution is 2.29. The number of anilines is 1. The predicted molar refractivity (Wildman–Crippen MR) is 94.8 cm³/mol. The summed E-state index contributed by atoms with van der Waals surface area (Å²) in [7, 11) is 3.21. The molecule has 6 heteroatoms. The summed E-state index contributed by atoms with van der Waals surface area (Å²) < 4.78 is 15.9. The van der Waals surface area contributed by atoms with Gasteiger partial charge in [0.1, 0.15) is 6.61 Å². The first-order chi connectivity index (χ1) is 12.1. The molecule has 0 saturated carbocycles. The molecular formula is C19H22N2O4. The van der Waals surface area contributed by atoms with E-state index in [1.807, 2.05) is 42.5 Å². The number of hydrogen-bond acceptors (Lipinski definition) is 5. The van der Waals surface area contributed by atoms with Crippen molar-refractivity contribution < 1.29 is 19.0 Å². The van der Waals surface area contributed by atoms with Gasteiger partial charge in [-0.05, 0) is 41.8 Å². The van der Waals surface area contributed by atoms with Crippen LogP contribution in [0, 0.1) is 0 Å². The van der Waals surface area contributed by atoms with Crippen molar-refractivity contribution in [2.24, 2.45) is 0 Å². The summed E-state index contributed by atoms with van der Waals surface area (Å²) in [5, 5.41) is 0. The van der Waals surface area contributed by atoms with Gasteiger partial charge in [0.05, 0.1) is 20.3 Å². The average molecular weight is 342 g/mol. The highest BCUT2D eigenvalue weighted by atomic mass is 16.6. The lowest BCUT2D eigenvalue weighted by atomic mass is 10.0. The third-order valence-corrected chi connectivity index (χ3v) is 4.30. The lowest BCUT2D eigenvalue weighted by Gasteiger charge is -2.22. The Morgan fingerprint density at radius 2 is 1.92 bits per heavy atom. The summed E-state index contributed by atoms with van der Waals surface area (Å²) in [6.45, 7) is 0.845. The predicted octanol–water partition coefficient (Wildman–Crippen LogP) is 2.85. The zero-order valence-corrected chi connectivity index (χ0v) is 14.4. The number of ether oxygens (including phenoxy) is 3. The van der Waals surface area contributed by atoms with Crippen LogP contribution in [0.3, 0.4) is 0 Å². The highest BCUT2D eigenvalue weighted by molar-refractivity contribution is 5.70. The second-order valence-corrected chi connectivity index (χ2v) is 6.00. The van der Waals surface area contributed by atoms with Crippen LogP contribution in [0.5, 0.6) is 11.5 Å². The van der Waals surface area contributed by atoms with E-state index >= 15 is 0 Å². The van der Waals surface area contributed by atoms with Crippen LogP contribution in [-0.4, -0.2) is 37.9 Å². The second-order valence-electron chi connectivity index (χ2n) is 6.00. The third kappa shape index (κ3) is 3.79. The number of benzene rings is 2. The summed E-state index contributed by atoms with van der Waals surface area (Å²) in [5.74, 6) is 1.36. The molecule has 1 fully saturated rings. The van der Waals surface area contributed by atoms with Gasteiger partial charge in [0.15, 0.2) is 11.5 Å². The van der Waals surface area contributed by atoms with Crippen LogP contribution in [0.4, 0.5) is 10.5 Å². The zero-order chi connectivity index (χ0) is 17.8. The molecular weight excluding hydrogens is 320 g/mol. The van der Waals surface area contributed by atoms with Crippen molar-refractivity contribution in [1.29, 1.82) is 0 Å². The van der Waals surface area contributed by atoms with E-state index in [0.717, 1.165) is 11.1 Å². The van der Waals surface area contributed by atoms with E-state index in [2.05, 4.69) is 0 Å². The first-order valence-electron chi connectivity index (χ1n) is 8.09. The van der Waals surface area contributed by atoms with Crippen molar-refractivity contribution in [2.45, 2.75) is 19.0 Å². The number of nitrogens with zero attached hydrogens (tertiary/aromatic N) is 1. The Hall–Kier alpha value is -2.89. The van der Waals surface area contributed by atoms with Crippen LogP contribution in [0.25, 0.3) is 0 Å². The number of nitrogens with two attached hydrogens (primary N) is 1. The van der Waals surface area contributed by atoms with Crippen LogP contribution < -0.4 is 15.2 Å². The standard InChI is InChI=1S/C19H22N2O4/c1-23-17-7-6-13(10-18(17)24-2)9-16-12-25-19(22)21(16)11-14-4-3-5-15(20)8-14/h3-8,10,16H,9,11-12,20H2,1-2H3. The Bertz CT molecular complexity index is 763. The van der Waals surface area contributed by atoms with Crippen LogP contribution >= 0.6 is 0 Å². The van der Waals surface area contributed by atoms with Crippen molar-refractivity contribution in [2.75, 3.05) is 26.6 Å². The molecule has 1 amide bonds. The van der Waals surface area contributed by atoms with Gasteiger partial charge in [-0.15, -0.1) is 0 Å². The number of carbonyl (C=O) groups is 1. The minimum atomic E-state index is -0.298. The lowest BCUT2D eigenvalue weighted by molar-refractivity contribution is 0.156. The number of carbonyl (C=O) groups excluding carboxylic acids is 1. The second kappa shape index (κ2) is 7.34.